The molecule has 10 heteroatoms. The van der Waals surface area contributed by atoms with Gasteiger partial charge in [-0.15, -0.1) is 0 Å². The van der Waals surface area contributed by atoms with Crippen molar-refractivity contribution in [3.63, 3.8) is 0 Å². The number of nitro groups is 2. The third kappa shape index (κ3) is 3.22. The van der Waals surface area contributed by atoms with Crippen LogP contribution in [0.3, 0.4) is 0 Å². The van der Waals surface area contributed by atoms with Crippen LogP contribution in [0, 0.1) is 20.2 Å². The number of rotatable bonds is 5. The van der Waals surface area contributed by atoms with Gasteiger partial charge in [-0.05, 0) is 18.2 Å². The maximum Gasteiger partial charge on any atom is 0.301 e. The Morgan fingerprint density at radius 3 is 2.31 bits per heavy atom. The van der Waals surface area contributed by atoms with Crippen molar-refractivity contribution < 1.29 is 14.6 Å². The van der Waals surface area contributed by atoms with Crippen molar-refractivity contribution in [1.82, 2.24) is 9.78 Å². The lowest BCUT2D eigenvalue weighted by Crippen LogP contribution is -2.02. The summed E-state index contributed by atoms with van der Waals surface area (Å²) >= 11 is 3.31. The first-order valence-electron chi connectivity index (χ1n) is 7.14. The maximum absolute atomic E-state index is 11.4. The molecule has 0 fully saturated rings. The average molecular weight is 417 g/mol. The highest BCUT2D eigenvalue weighted by Gasteiger charge is 2.22. The summed E-state index contributed by atoms with van der Waals surface area (Å²) in [7, 11) is 0. The van der Waals surface area contributed by atoms with Crippen molar-refractivity contribution in [2.75, 3.05) is 0 Å². The molecule has 130 valence electrons. The second-order valence-corrected chi connectivity index (χ2v) is 6.11. The largest absolute Gasteiger partial charge is 0.301 e. The summed E-state index contributed by atoms with van der Waals surface area (Å²) in [6.45, 7) is 0. The van der Waals surface area contributed by atoms with Crippen molar-refractivity contribution >= 4 is 33.6 Å². The van der Waals surface area contributed by atoms with Crippen molar-refractivity contribution in [3.8, 4) is 16.9 Å². The molecule has 0 aliphatic rings. The van der Waals surface area contributed by atoms with Crippen LogP contribution in [-0.4, -0.2) is 25.9 Å². The number of carbonyl (C=O) groups is 1. The lowest BCUT2D eigenvalue weighted by atomic mass is 10.1. The molecule has 1 heterocycles. The summed E-state index contributed by atoms with van der Waals surface area (Å²) in [6, 6.07) is 10.3. The van der Waals surface area contributed by atoms with Gasteiger partial charge in [-0.1, -0.05) is 28.1 Å². The summed E-state index contributed by atoms with van der Waals surface area (Å²) in [5.74, 6) is 0. The Morgan fingerprint density at radius 2 is 1.73 bits per heavy atom. The monoisotopic (exact) mass is 416 g/mol. The minimum Gasteiger partial charge on any atom is -0.298 e. The molecule has 0 amide bonds. The molecular weight excluding hydrogens is 408 g/mol. The van der Waals surface area contributed by atoms with E-state index >= 15 is 0 Å². The van der Waals surface area contributed by atoms with E-state index in [1.165, 1.54) is 16.9 Å². The van der Waals surface area contributed by atoms with Gasteiger partial charge in [0.05, 0.1) is 21.5 Å². The van der Waals surface area contributed by atoms with E-state index in [1.54, 1.807) is 24.3 Å². The number of halogens is 1. The Bertz CT molecular complexity index is 1030. The predicted octanol–water partition coefficient (Wildman–Crippen LogP) is 3.93. The molecule has 9 nitrogen and oxygen atoms in total. The van der Waals surface area contributed by atoms with Gasteiger partial charge in [0.15, 0.2) is 6.29 Å². The van der Waals surface area contributed by atoms with Crippen LogP contribution >= 0.6 is 15.9 Å². The zero-order chi connectivity index (χ0) is 18.8. The fraction of sp³-hybridized carbons (Fsp3) is 0. The first kappa shape index (κ1) is 17.4. The first-order valence-corrected chi connectivity index (χ1v) is 7.94. The van der Waals surface area contributed by atoms with Crippen molar-refractivity contribution in [2.24, 2.45) is 0 Å². The van der Waals surface area contributed by atoms with Crippen LogP contribution in [0.25, 0.3) is 16.9 Å². The fourth-order valence-electron chi connectivity index (χ4n) is 2.39. The second kappa shape index (κ2) is 6.84. The maximum atomic E-state index is 11.4. The predicted molar refractivity (Wildman–Crippen MR) is 95.4 cm³/mol. The zero-order valence-corrected chi connectivity index (χ0v) is 14.5. The molecule has 26 heavy (non-hydrogen) atoms. The number of hydrogen-bond donors (Lipinski definition) is 0. The Kier molecular flexibility index (Phi) is 4.59. The Balaban J connectivity index is 2.16. The molecule has 0 radical (unpaired) electrons. The number of benzene rings is 2. The first-order chi connectivity index (χ1) is 12.4. The molecule has 0 saturated heterocycles. The van der Waals surface area contributed by atoms with E-state index in [2.05, 4.69) is 21.0 Å². The molecule has 0 saturated carbocycles. The van der Waals surface area contributed by atoms with Gasteiger partial charge in [0.1, 0.15) is 11.4 Å². The number of nitro benzene ring substituents is 2. The molecule has 0 aliphatic heterocycles. The molecule has 0 atom stereocenters. The molecular formula is C16H9BrN4O5. The van der Waals surface area contributed by atoms with Crippen LogP contribution in [0.5, 0.6) is 0 Å². The van der Waals surface area contributed by atoms with Gasteiger partial charge < -0.3 is 0 Å². The Hall–Kier alpha value is -3.40. The summed E-state index contributed by atoms with van der Waals surface area (Å²) in [6.07, 6.45) is 1.94. The van der Waals surface area contributed by atoms with Crippen LogP contribution < -0.4 is 0 Å². The van der Waals surface area contributed by atoms with E-state index in [-0.39, 0.29) is 11.3 Å². The van der Waals surface area contributed by atoms with E-state index in [4.69, 9.17) is 0 Å². The summed E-state index contributed by atoms with van der Waals surface area (Å²) in [5.41, 5.74) is 0.364. The number of aromatic nitrogens is 2. The van der Waals surface area contributed by atoms with Crippen molar-refractivity contribution in [2.45, 2.75) is 0 Å². The van der Waals surface area contributed by atoms with Crippen molar-refractivity contribution in [3.05, 3.63) is 78.9 Å². The molecule has 3 aromatic rings. The van der Waals surface area contributed by atoms with Gasteiger partial charge in [-0.3, -0.25) is 25.0 Å². The average Bonchev–Trinajstić information content (AvgIpc) is 3.06. The fourth-order valence-corrected chi connectivity index (χ4v) is 2.66. The molecule has 3 rings (SSSR count). The highest BCUT2D eigenvalue weighted by Crippen LogP contribution is 2.30. The van der Waals surface area contributed by atoms with Gasteiger partial charge in [-0.2, -0.15) is 5.10 Å². The SMILES string of the molecule is O=Cc1cn(-c2ccc([N+](=O)[O-])cc2[N+](=O)[O-])nc1-c1ccc(Br)cc1. The lowest BCUT2D eigenvalue weighted by molar-refractivity contribution is -0.394. The van der Waals surface area contributed by atoms with E-state index in [0.29, 0.717) is 17.5 Å². The van der Waals surface area contributed by atoms with Crippen LogP contribution in [0.2, 0.25) is 0 Å². The number of nitrogens with zero attached hydrogens (tertiary/aromatic N) is 4. The minimum atomic E-state index is -0.732. The van der Waals surface area contributed by atoms with Crippen LogP contribution in [0.4, 0.5) is 11.4 Å². The molecule has 0 N–H and O–H groups in total. The molecule has 0 bridgehead atoms. The normalized spacial score (nSPS) is 10.5. The molecule has 1 aromatic heterocycles. The second-order valence-electron chi connectivity index (χ2n) is 5.19. The molecule has 0 spiro atoms. The topological polar surface area (TPSA) is 121 Å². The standard InChI is InChI=1S/C16H9BrN4O5/c17-12-3-1-10(2-4-12)16-11(9-22)8-19(18-16)14-6-5-13(20(23)24)7-15(14)21(25)26/h1-9H. The lowest BCUT2D eigenvalue weighted by Gasteiger charge is -2.03. The Labute approximate surface area is 154 Å². The summed E-state index contributed by atoms with van der Waals surface area (Å²) in [5, 5.41) is 26.4. The third-order valence-electron chi connectivity index (χ3n) is 3.60. The number of non-ortho nitro benzene ring substituents is 1. The van der Waals surface area contributed by atoms with E-state index in [1.807, 2.05) is 0 Å². The van der Waals surface area contributed by atoms with E-state index in [9.17, 15) is 25.0 Å². The summed E-state index contributed by atoms with van der Waals surface area (Å²) < 4.78 is 2.02. The molecule has 0 aliphatic carbocycles. The smallest absolute Gasteiger partial charge is 0.298 e. The van der Waals surface area contributed by atoms with E-state index in [0.717, 1.165) is 16.6 Å². The number of hydrogen-bond acceptors (Lipinski definition) is 6. The Morgan fingerprint density at radius 1 is 1.04 bits per heavy atom. The highest BCUT2D eigenvalue weighted by atomic mass is 79.9. The van der Waals surface area contributed by atoms with Gasteiger partial charge in [0.2, 0.25) is 0 Å². The van der Waals surface area contributed by atoms with Crippen molar-refractivity contribution in [1.29, 1.82) is 0 Å². The third-order valence-corrected chi connectivity index (χ3v) is 4.13. The van der Waals surface area contributed by atoms with Gasteiger partial charge in [0.25, 0.3) is 5.69 Å². The number of carbonyl (C=O) groups excluding carboxylic acids is 1. The van der Waals surface area contributed by atoms with Crippen LogP contribution in [0.15, 0.2) is 53.1 Å². The minimum absolute atomic E-state index is 0.0204. The highest BCUT2D eigenvalue weighted by molar-refractivity contribution is 9.10. The van der Waals surface area contributed by atoms with E-state index < -0.39 is 21.2 Å². The number of aldehydes is 1. The van der Waals surface area contributed by atoms with Gasteiger partial charge in [0, 0.05) is 22.3 Å². The van der Waals surface area contributed by atoms with Crippen LogP contribution in [0.1, 0.15) is 10.4 Å². The van der Waals surface area contributed by atoms with Gasteiger partial charge in [-0.25, -0.2) is 4.68 Å². The summed E-state index contributed by atoms with van der Waals surface area (Å²) in [4.78, 5) is 32.1. The zero-order valence-electron chi connectivity index (χ0n) is 12.9. The molecule has 2 aromatic carbocycles. The van der Waals surface area contributed by atoms with Gasteiger partial charge >= 0.3 is 5.69 Å². The van der Waals surface area contributed by atoms with Crippen LogP contribution in [-0.2, 0) is 0 Å². The molecule has 0 unspecified atom stereocenters. The quantitative estimate of drug-likeness (QED) is 0.352.